The summed E-state index contributed by atoms with van der Waals surface area (Å²) in [4.78, 5) is 13.0. The second kappa shape index (κ2) is 9.54. The number of aromatic nitrogens is 3. The molecule has 0 spiro atoms. The predicted octanol–water partition coefficient (Wildman–Crippen LogP) is 7.52. The minimum atomic E-state index is -3.47. The van der Waals surface area contributed by atoms with Gasteiger partial charge >= 0.3 is 0 Å². The molecule has 0 fully saturated rings. The van der Waals surface area contributed by atoms with Gasteiger partial charge in [-0.15, -0.1) is 0 Å². The largest absolute Gasteiger partial charge is 0.410 e. The topological polar surface area (TPSA) is 59.9 Å². The summed E-state index contributed by atoms with van der Waals surface area (Å²) in [7, 11) is -2.43. The molecule has 0 unspecified atom stereocenters. The van der Waals surface area contributed by atoms with Crippen LogP contribution in [0.25, 0.3) is 10.9 Å². The molecule has 2 aromatic heterocycles. The third-order valence-electron chi connectivity index (χ3n) is 6.32. The lowest BCUT2D eigenvalue weighted by Crippen LogP contribution is -2.43. The van der Waals surface area contributed by atoms with Gasteiger partial charge in [0.1, 0.15) is 28.7 Å². The molecule has 1 atom stereocenters. The maximum Gasteiger partial charge on any atom is 0.297 e. The molecule has 0 aliphatic heterocycles. The zero-order chi connectivity index (χ0) is 25.5. The number of nitrogens with one attached hydrogen (secondary N) is 1. The van der Waals surface area contributed by atoms with Gasteiger partial charge < -0.3 is 9.74 Å². The highest BCUT2D eigenvalue weighted by Gasteiger charge is 2.43. The first-order chi connectivity index (χ1) is 15.6. The molecule has 0 saturated carbocycles. The van der Waals surface area contributed by atoms with E-state index in [4.69, 9.17) is 4.43 Å². The highest BCUT2D eigenvalue weighted by atomic mass is 79.9. The van der Waals surface area contributed by atoms with Gasteiger partial charge in [0.05, 0.1) is 23.3 Å². The third-order valence-corrected chi connectivity index (χ3v) is 11.2. The van der Waals surface area contributed by atoms with Crippen LogP contribution in [0.4, 0.5) is 19.0 Å². The van der Waals surface area contributed by atoms with Gasteiger partial charge in [-0.3, -0.25) is 0 Å². The lowest BCUT2D eigenvalue weighted by Gasteiger charge is -2.37. The second-order valence-electron chi connectivity index (χ2n) is 9.97. The molecule has 3 rings (SSSR count). The quantitative estimate of drug-likeness (QED) is 0.241. The van der Waals surface area contributed by atoms with Crippen molar-refractivity contribution < 1.29 is 17.6 Å². The Kier molecular flexibility index (Phi) is 7.45. The Hall–Kier alpha value is -2.04. The molecule has 1 aromatic carbocycles. The normalized spacial score (nSPS) is 13.9. The van der Waals surface area contributed by atoms with Gasteiger partial charge in [0.2, 0.25) is 0 Å². The summed E-state index contributed by atoms with van der Waals surface area (Å²) in [6.07, 6.45) is 1.61. The van der Waals surface area contributed by atoms with E-state index in [-0.39, 0.29) is 10.6 Å². The van der Waals surface area contributed by atoms with E-state index >= 15 is 13.2 Å². The lowest BCUT2D eigenvalue weighted by molar-refractivity contribution is -0.0536. The number of hydrogen-bond donors (Lipinski definition) is 1. The van der Waals surface area contributed by atoms with E-state index in [1.807, 2.05) is 33.9 Å². The van der Waals surface area contributed by atoms with Crippen LogP contribution < -0.4 is 5.32 Å². The fraction of sp³-hybridized carbons (Fsp3) is 0.458. The van der Waals surface area contributed by atoms with Gasteiger partial charge in [-0.05, 0) is 60.0 Å². The van der Waals surface area contributed by atoms with Gasteiger partial charge in [0.25, 0.3) is 5.92 Å². The van der Waals surface area contributed by atoms with Gasteiger partial charge in [-0.1, -0.05) is 32.9 Å². The van der Waals surface area contributed by atoms with Crippen molar-refractivity contribution >= 4 is 41.0 Å². The molecule has 1 N–H and O–H groups in total. The van der Waals surface area contributed by atoms with Crippen molar-refractivity contribution in [2.75, 3.05) is 11.9 Å². The van der Waals surface area contributed by atoms with Crippen LogP contribution in [0.15, 0.2) is 35.1 Å². The van der Waals surface area contributed by atoms with E-state index in [9.17, 15) is 0 Å². The molecule has 5 nitrogen and oxygen atoms in total. The van der Waals surface area contributed by atoms with E-state index in [1.165, 1.54) is 12.1 Å². The number of aryl methyl sites for hydroxylation is 1. The lowest BCUT2D eigenvalue weighted by atomic mass is 10.00. The maximum absolute atomic E-state index is 15.4. The summed E-state index contributed by atoms with van der Waals surface area (Å²) in [5.74, 6) is -3.44. The number of rotatable bonds is 7. The van der Waals surface area contributed by atoms with Crippen LogP contribution in [0.5, 0.6) is 0 Å². The molecular formula is C24H30BrF3N4OSi. The number of anilines is 1. The van der Waals surface area contributed by atoms with Crippen LogP contribution in [0.1, 0.15) is 50.7 Å². The zero-order valence-corrected chi connectivity index (χ0v) is 23.0. The fourth-order valence-corrected chi connectivity index (χ4v) is 4.55. The van der Waals surface area contributed by atoms with E-state index in [1.54, 1.807) is 26.1 Å². The first-order valence-corrected chi connectivity index (χ1v) is 14.7. The number of halogens is 4. The monoisotopic (exact) mass is 554 g/mol. The van der Waals surface area contributed by atoms with Crippen molar-refractivity contribution in [3.8, 4) is 0 Å². The molecule has 2 heterocycles. The fourth-order valence-electron chi connectivity index (χ4n) is 3.25. The molecule has 10 heteroatoms. The Bertz CT molecular complexity index is 1200. The van der Waals surface area contributed by atoms with Crippen molar-refractivity contribution in [1.82, 2.24) is 15.0 Å². The standard InChI is InChI=1S/C24H30BrF3N4OSi/c1-14(30-22-17-11-20(25)29-12-19(17)31-15(2)32-22)16-9-8-10-18(21(16)26)24(27,28)13-33-34(6,7)23(3,4)5/h8-12,14H,13H2,1-7H3,(H,30,31,32)/t14-/m1/s1. The summed E-state index contributed by atoms with van der Waals surface area (Å²) in [5.41, 5.74) is 0.0593. The number of nitrogens with zero attached hydrogens (tertiary/aromatic N) is 3. The van der Waals surface area contributed by atoms with E-state index in [0.717, 1.165) is 6.07 Å². The van der Waals surface area contributed by atoms with Crippen LogP contribution in [0.3, 0.4) is 0 Å². The molecule has 0 amide bonds. The highest BCUT2D eigenvalue weighted by Crippen LogP contribution is 2.40. The molecular weight excluding hydrogens is 525 g/mol. The minimum Gasteiger partial charge on any atom is -0.410 e. The molecule has 184 valence electrons. The maximum atomic E-state index is 15.4. The van der Waals surface area contributed by atoms with Crippen molar-refractivity contribution in [1.29, 1.82) is 0 Å². The average Bonchev–Trinajstić information content (AvgIpc) is 2.72. The first-order valence-electron chi connectivity index (χ1n) is 11.0. The van der Waals surface area contributed by atoms with Crippen molar-refractivity contribution in [3.63, 3.8) is 0 Å². The van der Waals surface area contributed by atoms with Gasteiger partial charge in [0, 0.05) is 10.9 Å². The van der Waals surface area contributed by atoms with Crippen molar-refractivity contribution in [2.24, 2.45) is 0 Å². The summed E-state index contributed by atoms with van der Waals surface area (Å²) >= 11 is 3.33. The van der Waals surface area contributed by atoms with E-state index in [2.05, 4.69) is 36.2 Å². The number of pyridine rings is 1. The Labute approximate surface area is 207 Å². The Morgan fingerprint density at radius 1 is 1.18 bits per heavy atom. The van der Waals surface area contributed by atoms with Crippen LogP contribution in [-0.4, -0.2) is 29.9 Å². The number of benzene rings is 1. The Morgan fingerprint density at radius 3 is 2.50 bits per heavy atom. The van der Waals surface area contributed by atoms with Crippen LogP contribution in [-0.2, 0) is 10.3 Å². The molecule has 0 saturated heterocycles. The Morgan fingerprint density at radius 2 is 1.85 bits per heavy atom. The first kappa shape index (κ1) is 26.6. The van der Waals surface area contributed by atoms with E-state index in [0.29, 0.717) is 27.1 Å². The SMILES string of the molecule is Cc1nc(N[C@H](C)c2cccc(C(F)(F)CO[Si](C)(C)C(C)(C)C)c2F)c2cc(Br)ncc2n1. The highest BCUT2D eigenvalue weighted by molar-refractivity contribution is 9.10. The van der Waals surface area contributed by atoms with Gasteiger partial charge in [-0.25, -0.2) is 19.3 Å². The molecule has 0 aliphatic rings. The predicted molar refractivity (Wildman–Crippen MR) is 135 cm³/mol. The molecule has 34 heavy (non-hydrogen) atoms. The van der Waals surface area contributed by atoms with Crippen LogP contribution >= 0.6 is 15.9 Å². The van der Waals surface area contributed by atoms with Crippen molar-refractivity contribution in [3.05, 3.63) is 57.8 Å². The smallest absolute Gasteiger partial charge is 0.297 e. The van der Waals surface area contributed by atoms with Gasteiger partial charge in [-0.2, -0.15) is 8.78 Å². The zero-order valence-electron chi connectivity index (χ0n) is 20.4. The van der Waals surface area contributed by atoms with Crippen LogP contribution in [0, 0.1) is 12.7 Å². The number of alkyl halides is 2. The van der Waals surface area contributed by atoms with Crippen LogP contribution in [0.2, 0.25) is 18.1 Å². The van der Waals surface area contributed by atoms with Gasteiger partial charge in [0.15, 0.2) is 8.32 Å². The molecule has 0 radical (unpaired) electrons. The summed E-state index contributed by atoms with van der Waals surface area (Å²) in [6.45, 7) is 12.3. The molecule has 3 aromatic rings. The second-order valence-corrected chi connectivity index (χ2v) is 15.6. The number of fused-ring (bicyclic) bond motifs is 1. The minimum absolute atomic E-state index is 0.113. The molecule has 0 bridgehead atoms. The summed E-state index contributed by atoms with van der Waals surface area (Å²) in [6, 6.07) is 5.17. The number of hydrogen-bond acceptors (Lipinski definition) is 5. The van der Waals surface area contributed by atoms with E-state index < -0.39 is 38.3 Å². The average molecular weight is 556 g/mol. The Balaban J connectivity index is 1.90. The third kappa shape index (κ3) is 5.60. The molecule has 0 aliphatic carbocycles. The summed E-state index contributed by atoms with van der Waals surface area (Å²) < 4.78 is 52.0. The summed E-state index contributed by atoms with van der Waals surface area (Å²) in [5, 5.41) is 3.61. The van der Waals surface area contributed by atoms with Crippen molar-refractivity contribution in [2.45, 2.75) is 64.7 Å².